The molecule has 0 spiro atoms. The van der Waals surface area contributed by atoms with Crippen LogP contribution in [0.15, 0.2) is 0 Å². The van der Waals surface area contributed by atoms with Crippen LogP contribution in [0, 0.1) is 0 Å². The molecule has 0 aliphatic heterocycles. The summed E-state index contributed by atoms with van der Waals surface area (Å²) in [7, 11) is 0. The molecule has 0 saturated heterocycles. The van der Waals surface area contributed by atoms with Crippen LogP contribution >= 0.6 is 11.8 Å². The van der Waals surface area contributed by atoms with E-state index in [1.54, 1.807) is 0 Å². The van der Waals surface area contributed by atoms with Crippen LogP contribution in [0.2, 0.25) is 0 Å². The van der Waals surface area contributed by atoms with E-state index >= 15 is 0 Å². The number of rotatable bonds is 15. The van der Waals surface area contributed by atoms with Crippen LogP contribution in [0.25, 0.3) is 0 Å². The Morgan fingerprint density at radius 2 is 1.42 bits per heavy atom. The summed E-state index contributed by atoms with van der Waals surface area (Å²) in [5, 5.41) is 9.34. The summed E-state index contributed by atoms with van der Waals surface area (Å²) in [6.07, 6.45) is 14.8. The summed E-state index contributed by atoms with van der Waals surface area (Å²) in [6, 6.07) is 0. The van der Waals surface area contributed by atoms with E-state index < -0.39 is 0 Å². The third-order valence-electron chi connectivity index (χ3n) is 3.57. The Bertz CT molecular complexity index is 167. The van der Waals surface area contributed by atoms with E-state index in [4.69, 9.17) is 10.8 Å². The minimum absolute atomic E-state index is 0.271. The molecule has 3 N–H and O–H groups in total. The second kappa shape index (κ2) is 16.3. The number of hydrogen-bond donors (Lipinski definition) is 2. The van der Waals surface area contributed by atoms with Gasteiger partial charge in [-0.1, -0.05) is 64.7 Å². The minimum atomic E-state index is 0.271. The van der Waals surface area contributed by atoms with E-state index in [1.807, 2.05) is 11.8 Å². The molecule has 0 aliphatic rings. The molecule has 0 bridgehead atoms. The van der Waals surface area contributed by atoms with Crippen molar-refractivity contribution in [3.8, 4) is 0 Å². The summed E-state index contributed by atoms with van der Waals surface area (Å²) in [4.78, 5) is 0. The van der Waals surface area contributed by atoms with Gasteiger partial charge in [0.2, 0.25) is 0 Å². The normalized spacial score (nSPS) is 12.8. The third kappa shape index (κ3) is 14.5. The Balaban J connectivity index is 3.09. The lowest BCUT2D eigenvalue weighted by Gasteiger charge is -2.12. The van der Waals surface area contributed by atoms with Gasteiger partial charge in [-0.3, -0.25) is 0 Å². The molecule has 0 amide bonds. The topological polar surface area (TPSA) is 46.2 Å². The zero-order chi connectivity index (χ0) is 14.2. The van der Waals surface area contributed by atoms with Gasteiger partial charge in [0.25, 0.3) is 0 Å². The number of nitrogens with two attached hydrogens (primary N) is 1. The van der Waals surface area contributed by atoms with Crippen LogP contribution in [0.1, 0.15) is 77.6 Å². The molecule has 3 heteroatoms. The first-order valence-corrected chi connectivity index (χ1v) is 9.32. The van der Waals surface area contributed by atoms with Gasteiger partial charge in [-0.15, -0.1) is 0 Å². The lowest BCUT2D eigenvalue weighted by atomic mass is 10.1. The largest absolute Gasteiger partial charge is 0.396 e. The van der Waals surface area contributed by atoms with Crippen LogP contribution in [-0.2, 0) is 0 Å². The highest BCUT2D eigenvalue weighted by Crippen LogP contribution is 2.17. The van der Waals surface area contributed by atoms with E-state index in [0.29, 0.717) is 11.8 Å². The van der Waals surface area contributed by atoms with Gasteiger partial charge in [0, 0.05) is 18.4 Å². The van der Waals surface area contributed by atoms with Crippen LogP contribution in [0.3, 0.4) is 0 Å². The van der Waals surface area contributed by atoms with Gasteiger partial charge in [-0.25, -0.2) is 0 Å². The standard InChI is InChI=1S/C16H35NOS/c1-2-3-4-5-6-7-8-9-10-11-14-19-16(15-17)12-13-18/h16,18H,2-15,17H2,1H3. The molecule has 0 aromatic carbocycles. The molecule has 0 aromatic heterocycles. The second-order valence-electron chi connectivity index (χ2n) is 5.42. The molecule has 0 rings (SSSR count). The number of aliphatic hydroxyl groups excluding tert-OH is 1. The number of aliphatic hydroxyl groups is 1. The molecule has 0 radical (unpaired) electrons. The monoisotopic (exact) mass is 289 g/mol. The van der Waals surface area contributed by atoms with E-state index in [9.17, 15) is 0 Å². The molecule has 0 heterocycles. The van der Waals surface area contributed by atoms with Gasteiger partial charge in [0.15, 0.2) is 0 Å². The molecule has 0 fully saturated rings. The van der Waals surface area contributed by atoms with Gasteiger partial charge in [0.05, 0.1) is 0 Å². The fourth-order valence-electron chi connectivity index (χ4n) is 2.25. The van der Waals surface area contributed by atoms with Crippen molar-refractivity contribution in [1.82, 2.24) is 0 Å². The smallest absolute Gasteiger partial charge is 0.0442 e. The molecular weight excluding hydrogens is 254 g/mol. The van der Waals surface area contributed by atoms with Crippen LogP contribution in [-0.4, -0.2) is 29.3 Å². The first-order chi connectivity index (χ1) is 9.35. The predicted octanol–water partition coefficient (Wildman–Crippen LogP) is 4.35. The molecule has 2 nitrogen and oxygen atoms in total. The van der Waals surface area contributed by atoms with Crippen molar-refractivity contribution in [3.63, 3.8) is 0 Å². The van der Waals surface area contributed by atoms with Gasteiger partial charge in [-0.05, 0) is 18.6 Å². The van der Waals surface area contributed by atoms with E-state index in [0.717, 1.165) is 6.42 Å². The van der Waals surface area contributed by atoms with Gasteiger partial charge in [0.1, 0.15) is 0 Å². The Kier molecular flexibility index (Phi) is 16.6. The van der Waals surface area contributed by atoms with Gasteiger partial charge < -0.3 is 10.8 Å². The maximum absolute atomic E-state index is 8.88. The zero-order valence-corrected chi connectivity index (χ0v) is 13.7. The molecular formula is C16H35NOS. The van der Waals surface area contributed by atoms with E-state index in [-0.39, 0.29) is 6.61 Å². The average Bonchev–Trinajstić information content (AvgIpc) is 2.43. The molecule has 1 unspecified atom stereocenters. The summed E-state index contributed by atoms with van der Waals surface area (Å²) >= 11 is 1.94. The first-order valence-electron chi connectivity index (χ1n) is 8.27. The zero-order valence-electron chi connectivity index (χ0n) is 12.9. The van der Waals surface area contributed by atoms with Crippen molar-refractivity contribution in [1.29, 1.82) is 0 Å². The predicted molar refractivity (Wildman–Crippen MR) is 88.8 cm³/mol. The van der Waals surface area contributed by atoms with Crippen molar-refractivity contribution in [3.05, 3.63) is 0 Å². The highest BCUT2D eigenvalue weighted by atomic mass is 32.2. The quantitative estimate of drug-likeness (QED) is 0.441. The van der Waals surface area contributed by atoms with Crippen molar-refractivity contribution in [2.75, 3.05) is 18.9 Å². The van der Waals surface area contributed by atoms with Crippen molar-refractivity contribution >= 4 is 11.8 Å². The third-order valence-corrected chi connectivity index (χ3v) is 4.99. The SMILES string of the molecule is CCCCCCCCCCCCSC(CN)CCO. The Morgan fingerprint density at radius 1 is 0.895 bits per heavy atom. The average molecular weight is 290 g/mol. The lowest BCUT2D eigenvalue weighted by molar-refractivity contribution is 0.287. The fourth-order valence-corrected chi connectivity index (χ4v) is 3.36. The summed E-state index contributed by atoms with van der Waals surface area (Å²) in [5.74, 6) is 1.21. The summed E-state index contributed by atoms with van der Waals surface area (Å²) < 4.78 is 0. The maximum atomic E-state index is 8.88. The Morgan fingerprint density at radius 3 is 1.89 bits per heavy atom. The first kappa shape index (κ1) is 19.3. The number of unbranched alkanes of at least 4 members (excludes halogenated alkanes) is 9. The Hall–Kier alpha value is 0.270. The molecule has 116 valence electrons. The fraction of sp³-hybridized carbons (Fsp3) is 1.00. The second-order valence-corrected chi connectivity index (χ2v) is 6.83. The van der Waals surface area contributed by atoms with Crippen LogP contribution in [0.5, 0.6) is 0 Å². The van der Waals surface area contributed by atoms with Crippen molar-refractivity contribution in [2.24, 2.45) is 5.73 Å². The lowest BCUT2D eigenvalue weighted by Crippen LogP contribution is -2.18. The van der Waals surface area contributed by atoms with Crippen LogP contribution in [0.4, 0.5) is 0 Å². The molecule has 1 atom stereocenters. The number of thioether (sulfide) groups is 1. The number of hydrogen-bond acceptors (Lipinski definition) is 3. The van der Waals surface area contributed by atoms with Crippen LogP contribution < -0.4 is 5.73 Å². The van der Waals surface area contributed by atoms with Crippen molar-refractivity contribution in [2.45, 2.75) is 82.8 Å². The van der Waals surface area contributed by atoms with Gasteiger partial charge in [-0.2, -0.15) is 11.8 Å². The van der Waals surface area contributed by atoms with Crippen molar-refractivity contribution < 1.29 is 5.11 Å². The summed E-state index contributed by atoms with van der Waals surface area (Å²) in [6.45, 7) is 3.24. The van der Waals surface area contributed by atoms with E-state index in [1.165, 1.54) is 70.0 Å². The molecule has 0 aromatic rings. The minimum Gasteiger partial charge on any atom is -0.396 e. The molecule has 0 aliphatic carbocycles. The van der Waals surface area contributed by atoms with Gasteiger partial charge >= 0.3 is 0 Å². The highest BCUT2D eigenvalue weighted by molar-refractivity contribution is 7.99. The molecule has 19 heavy (non-hydrogen) atoms. The molecule has 0 saturated carbocycles. The Labute approximate surface area is 124 Å². The van der Waals surface area contributed by atoms with E-state index in [2.05, 4.69) is 6.92 Å². The maximum Gasteiger partial charge on any atom is 0.0442 e. The highest BCUT2D eigenvalue weighted by Gasteiger charge is 2.05. The summed E-state index contributed by atoms with van der Waals surface area (Å²) in [5.41, 5.74) is 5.66.